The number of hydrogen-bond donors (Lipinski definition) is 2. The maximum atomic E-state index is 12.4. The van der Waals surface area contributed by atoms with Gasteiger partial charge in [0.05, 0.1) is 17.7 Å². The van der Waals surface area contributed by atoms with E-state index in [-0.39, 0.29) is 17.9 Å². The quantitative estimate of drug-likeness (QED) is 0.842. The minimum atomic E-state index is -3.74. The number of anilines is 1. The van der Waals surface area contributed by atoms with Crippen LogP contribution in [0.4, 0.5) is 5.69 Å². The van der Waals surface area contributed by atoms with E-state index in [1.54, 1.807) is 24.3 Å². The fourth-order valence-electron chi connectivity index (χ4n) is 1.89. The molecule has 0 aliphatic rings. The van der Waals surface area contributed by atoms with Crippen LogP contribution in [-0.4, -0.2) is 32.2 Å². The zero-order valence-electron chi connectivity index (χ0n) is 11.5. The van der Waals surface area contributed by atoms with Crippen LogP contribution in [-0.2, 0) is 16.4 Å². The van der Waals surface area contributed by atoms with Gasteiger partial charge in [-0.25, -0.2) is 8.42 Å². The standard InChI is InChI=1S/C14H16N2O4S/c1-20-13-2-3-14(11(10-13)6-9-17)21(18,19)16-12-4-7-15-8-5-12/h2-5,7-8,10,17H,6,9H2,1H3,(H,15,16). The van der Waals surface area contributed by atoms with Crippen molar-refractivity contribution in [1.82, 2.24) is 4.98 Å². The van der Waals surface area contributed by atoms with E-state index >= 15 is 0 Å². The molecular weight excluding hydrogens is 292 g/mol. The minimum Gasteiger partial charge on any atom is -0.497 e. The number of hydrogen-bond acceptors (Lipinski definition) is 5. The summed E-state index contributed by atoms with van der Waals surface area (Å²) in [6.07, 6.45) is 3.23. The maximum Gasteiger partial charge on any atom is 0.262 e. The predicted octanol–water partition coefficient (Wildman–Crippen LogP) is 1.43. The highest BCUT2D eigenvalue weighted by molar-refractivity contribution is 7.92. The molecule has 2 N–H and O–H groups in total. The van der Waals surface area contributed by atoms with Crippen molar-refractivity contribution in [3.63, 3.8) is 0 Å². The molecule has 6 nitrogen and oxygen atoms in total. The van der Waals surface area contributed by atoms with Crippen LogP contribution < -0.4 is 9.46 Å². The highest BCUT2D eigenvalue weighted by atomic mass is 32.2. The minimum absolute atomic E-state index is 0.120. The fourth-order valence-corrected chi connectivity index (χ4v) is 3.20. The van der Waals surface area contributed by atoms with Gasteiger partial charge >= 0.3 is 0 Å². The normalized spacial score (nSPS) is 11.1. The Balaban J connectivity index is 2.39. The first kappa shape index (κ1) is 15.3. The van der Waals surface area contributed by atoms with Crippen LogP contribution in [0.2, 0.25) is 0 Å². The van der Waals surface area contributed by atoms with E-state index in [0.717, 1.165) is 0 Å². The van der Waals surface area contributed by atoms with Gasteiger partial charge in [-0.3, -0.25) is 9.71 Å². The molecule has 1 aromatic heterocycles. The molecule has 1 aromatic carbocycles. The number of methoxy groups -OCH3 is 1. The van der Waals surface area contributed by atoms with E-state index < -0.39 is 10.0 Å². The van der Waals surface area contributed by atoms with Gasteiger partial charge in [0, 0.05) is 19.0 Å². The Kier molecular flexibility index (Phi) is 4.77. The molecule has 2 aromatic rings. The number of benzene rings is 1. The average molecular weight is 308 g/mol. The summed E-state index contributed by atoms with van der Waals surface area (Å²) in [5, 5.41) is 9.10. The van der Waals surface area contributed by atoms with E-state index in [4.69, 9.17) is 9.84 Å². The van der Waals surface area contributed by atoms with Gasteiger partial charge < -0.3 is 9.84 Å². The summed E-state index contributed by atoms with van der Waals surface area (Å²) in [6, 6.07) is 7.77. The second-order valence-electron chi connectivity index (χ2n) is 4.29. The van der Waals surface area contributed by atoms with Crippen LogP contribution in [0.1, 0.15) is 5.56 Å². The number of nitrogens with zero attached hydrogens (tertiary/aromatic N) is 1. The second kappa shape index (κ2) is 6.55. The Morgan fingerprint density at radius 1 is 1.24 bits per heavy atom. The number of aliphatic hydroxyl groups excluding tert-OH is 1. The molecule has 0 fully saturated rings. The van der Waals surface area contributed by atoms with E-state index in [1.807, 2.05) is 0 Å². The largest absolute Gasteiger partial charge is 0.497 e. The van der Waals surface area contributed by atoms with Crippen molar-refractivity contribution < 1.29 is 18.3 Å². The van der Waals surface area contributed by atoms with Gasteiger partial charge in [0.25, 0.3) is 10.0 Å². The van der Waals surface area contributed by atoms with Crippen LogP contribution in [0.3, 0.4) is 0 Å². The molecule has 0 aliphatic carbocycles. The van der Waals surface area contributed by atoms with Gasteiger partial charge in [-0.2, -0.15) is 0 Å². The van der Waals surface area contributed by atoms with Gasteiger partial charge in [-0.15, -0.1) is 0 Å². The summed E-state index contributed by atoms with van der Waals surface area (Å²) in [5.41, 5.74) is 0.925. The zero-order valence-corrected chi connectivity index (χ0v) is 12.3. The molecule has 0 spiro atoms. The number of rotatable bonds is 6. The molecule has 0 bridgehead atoms. The van der Waals surface area contributed by atoms with E-state index in [2.05, 4.69) is 9.71 Å². The predicted molar refractivity (Wildman–Crippen MR) is 78.8 cm³/mol. The molecule has 0 atom stereocenters. The van der Waals surface area contributed by atoms with Crippen molar-refractivity contribution in [2.75, 3.05) is 18.4 Å². The second-order valence-corrected chi connectivity index (χ2v) is 5.94. The molecule has 0 amide bonds. The number of aliphatic hydroxyl groups is 1. The summed E-state index contributed by atoms with van der Waals surface area (Å²) in [6.45, 7) is -0.148. The smallest absolute Gasteiger partial charge is 0.262 e. The first-order valence-corrected chi connectivity index (χ1v) is 7.76. The Morgan fingerprint density at radius 2 is 1.95 bits per heavy atom. The number of ether oxygens (including phenoxy) is 1. The molecule has 0 saturated heterocycles. The number of pyridine rings is 1. The highest BCUT2D eigenvalue weighted by Crippen LogP contribution is 2.24. The third-order valence-electron chi connectivity index (χ3n) is 2.87. The average Bonchev–Trinajstić information content (AvgIpc) is 2.48. The third-order valence-corrected chi connectivity index (χ3v) is 4.35. The van der Waals surface area contributed by atoms with Crippen molar-refractivity contribution in [2.45, 2.75) is 11.3 Å². The summed E-state index contributed by atoms with van der Waals surface area (Å²) < 4.78 is 32.4. The molecule has 0 unspecified atom stereocenters. The highest BCUT2D eigenvalue weighted by Gasteiger charge is 2.19. The molecule has 1 heterocycles. The van der Waals surface area contributed by atoms with Crippen molar-refractivity contribution in [3.05, 3.63) is 48.3 Å². The summed E-state index contributed by atoms with van der Waals surface area (Å²) in [5.74, 6) is 0.543. The Labute approximate surface area is 123 Å². The Morgan fingerprint density at radius 3 is 2.57 bits per heavy atom. The lowest BCUT2D eigenvalue weighted by molar-refractivity contribution is 0.298. The first-order valence-electron chi connectivity index (χ1n) is 6.27. The van der Waals surface area contributed by atoms with E-state index in [0.29, 0.717) is 17.0 Å². The molecule has 7 heteroatoms. The molecule has 21 heavy (non-hydrogen) atoms. The molecular formula is C14H16N2O4S. The van der Waals surface area contributed by atoms with Crippen LogP contribution in [0, 0.1) is 0 Å². The van der Waals surface area contributed by atoms with Gasteiger partial charge in [0.15, 0.2) is 0 Å². The molecule has 0 saturated carbocycles. The molecule has 2 rings (SSSR count). The Bertz CT molecular complexity index is 702. The number of sulfonamides is 1. The lowest BCUT2D eigenvalue weighted by Gasteiger charge is -2.13. The first-order chi connectivity index (χ1) is 10.1. The molecule has 0 radical (unpaired) electrons. The number of nitrogens with one attached hydrogen (secondary N) is 1. The summed E-state index contributed by atoms with van der Waals surface area (Å²) >= 11 is 0. The van der Waals surface area contributed by atoms with Crippen LogP contribution in [0.25, 0.3) is 0 Å². The lowest BCUT2D eigenvalue weighted by atomic mass is 10.1. The van der Waals surface area contributed by atoms with Gasteiger partial charge in [0.1, 0.15) is 5.75 Å². The SMILES string of the molecule is COc1ccc(S(=O)(=O)Nc2ccncc2)c(CCO)c1. The Hall–Kier alpha value is -2.12. The van der Waals surface area contributed by atoms with Crippen molar-refractivity contribution >= 4 is 15.7 Å². The zero-order chi connectivity index (χ0) is 15.3. The van der Waals surface area contributed by atoms with Crippen LogP contribution >= 0.6 is 0 Å². The van der Waals surface area contributed by atoms with Crippen LogP contribution in [0.15, 0.2) is 47.6 Å². The third kappa shape index (κ3) is 3.71. The fraction of sp³-hybridized carbons (Fsp3) is 0.214. The van der Waals surface area contributed by atoms with Gasteiger partial charge in [0.2, 0.25) is 0 Å². The van der Waals surface area contributed by atoms with Gasteiger partial charge in [-0.05, 0) is 42.3 Å². The van der Waals surface area contributed by atoms with E-state index in [9.17, 15) is 8.42 Å². The maximum absolute atomic E-state index is 12.4. The number of aromatic nitrogens is 1. The topological polar surface area (TPSA) is 88.5 Å². The van der Waals surface area contributed by atoms with Crippen molar-refractivity contribution in [3.8, 4) is 5.75 Å². The summed E-state index contributed by atoms with van der Waals surface area (Å²) in [4.78, 5) is 3.95. The monoisotopic (exact) mass is 308 g/mol. The molecule has 0 aliphatic heterocycles. The lowest BCUT2D eigenvalue weighted by Crippen LogP contribution is -2.15. The van der Waals surface area contributed by atoms with E-state index in [1.165, 1.54) is 25.6 Å². The van der Waals surface area contributed by atoms with Crippen LogP contribution in [0.5, 0.6) is 5.75 Å². The van der Waals surface area contributed by atoms with Crippen molar-refractivity contribution in [2.24, 2.45) is 0 Å². The van der Waals surface area contributed by atoms with Crippen molar-refractivity contribution in [1.29, 1.82) is 0 Å². The summed E-state index contributed by atoms with van der Waals surface area (Å²) in [7, 11) is -2.23. The molecule has 112 valence electrons. The van der Waals surface area contributed by atoms with Gasteiger partial charge in [-0.1, -0.05) is 0 Å².